The van der Waals surface area contributed by atoms with Crippen molar-refractivity contribution in [2.45, 2.75) is 172 Å². The highest BCUT2D eigenvalue weighted by molar-refractivity contribution is 6.00. The van der Waals surface area contributed by atoms with Crippen LogP contribution in [-0.4, -0.2) is 178 Å². The first-order valence-corrected chi connectivity index (χ1v) is 29.9. The maximum Gasteiger partial charge on any atom is 0.303 e. The largest absolute Gasteiger partial charge is 0.508 e. The maximum atomic E-state index is 15.6. The summed E-state index contributed by atoms with van der Waals surface area (Å²) >= 11 is 0. The lowest BCUT2D eigenvalue weighted by Gasteiger charge is -2.36. The first-order chi connectivity index (χ1) is 42.1. The summed E-state index contributed by atoms with van der Waals surface area (Å²) in [6.07, 6.45) is -0.510. The molecular formula is C60H85N15O14. The lowest BCUT2D eigenvalue weighted by atomic mass is 9.75. The number of rotatable bonds is 16. The van der Waals surface area contributed by atoms with Crippen molar-refractivity contribution in [2.75, 3.05) is 31.5 Å². The number of carbonyl (C=O) groups excluding carboxylic acids is 11. The zero-order chi connectivity index (χ0) is 65.4. The molecule has 2 aromatic carbocycles. The van der Waals surface area contributed by atoms with Crippen LogP contribution >= 0.6 is 0 Å². The number of aromatic hydroxyl groups is 1. The van der Waals surface area contributed by atoms with E-state index in [1.807, 2.05) is 58.0 Å². The Labute approximate surface area is 515 Å². The maximum absolute atomic E-state index is 15.6. The lowest BCUT2D eigenvalue weighted by molar-refractivity contribution is -0.146. The standard InChI is InChI=1S/C60H85N15O14/c1-31(2)21-22-60-28-44-55(87)73-49(33(5)6)57(89)74-24-10-14-43(74)54(86)71-41(27-45(61)77)53(85)70-39(19-20-48(80)81)52(84)69-38(13-9-23-64-59(62)63)50(82)65-29-46(78)67-40(26-34-15-17-35(76)18-16-34)51(83)66-30-47(79)68-42(25-32(3)4)56(88)75(44)58(60)72-37-12-8-7-11-36(37)60/h7-8,11-12,15-18,21,32-33,38-44,49,58,72,76H,9-10,13-14,19-20,22-30H2,1-6H3,(H2,61,77)(H,65,82)(H,66,83)(H,67,78)(H,68,79)(H,69,84)(H,70,85)(H,71,86)(H,73,87)(H,80,81)(H4,62,63,64)/t38-,39-,40-,41-,42-,43-,44-,49-,58-,60-/m0/s1. The van der Waals surface area contributed by atoms with Crippen LogP contribution in [0.4, 0.5) is 5.69 Å². The number of benzene rings is 2. The van der Waals surface area contributed by atoms with Gasteiger partial charge in [0, 0.05) is 37.0 Å². The van der Waals surface area contributed by atoms with Gasteiger partial charge in [0.15, 0.2) is 5.96 Å². The van der Waals surface area contributed by atoms with Crippen LogP contribution in [0.15, 0.2) is 65.2 Å². The Morgan fingerprint density at radius 1 is 0.697 bits per heavy atom. The lowest BCUT2D eigenvalue weighted by Crippen LogP contribution is -2.62. The molecule has 0 unspecified atom stereocenters. The molecule has 0 bridgehead atoms. The summed E-state index contributed by atoms with van der Waals surface area (Å²) < 4.78 is 0. The minimum atomic E-state index is -1.80. The number of hydrogen-bond acceptors (Lipinski definition) is 15. The Kier molecular flexibility index (Phi) is 24.0. The Hall–Kier alpha value is -9.31. The summed E-state index contributed by atoms with van der Waals surface area (Å²) in [6.45, 7) is 9.34. The van der Waals surface area contributed by atoms with Gasteiger partial charge in [0.1, 0.15) is 60.3 Å². The van der Waals surface area contributed by atoms with Gasteiger partial charge < -0.3 is 85.1 Å². The second-order valence-electron chi connectivity index (χ2n) is 24.0. The van der Waals surface area contributed by atoms with E-state index in [2.05, 4.69) is 52.8 Å². The fourth-order valence-electron chi connectivity index (χ4n) is 11.6. The number of para-hydroxylation sites is 1. The first-order valence-electron chi connectivity index (χ1n) is 29.9. The molecule has 10 atom stereocenters. The normalized spacial score (nSPS) is 26.1. The van der Waals surface area contributed by atoms with E-state index in [0.717, 1.165) is 16.8 Å². The van der Waals surface area contributed by atoms with Gasteiger partial charge in [-0.25, -0.2) is 0 Å². The minimum Gasteiger partial charge on any atom is -0.508 e. The quantitative estimate of drug-likeness (QED) is 0.0383. The highest BCUT2D eigenvalue weighted by atomic mass is 16.4. The number of nitrogens with one attached hydrogen (secondary N) is 9. The van der Waals surface area contributed by atoms with E-state index in [1.165, 1.54) is 34.1 Å². The number of phenolic OH excluding ortho intramolecular Hbond substituents is 1. The SMILES string of the molecule is CC(C)=CC[C@@]12C[C@H]3C(=O)N[C@@H](C(C)C)C(=O)N4CCC[C@H]4C(=O)N[C@@H](CC(N)=O)C(=O)N[C@@H](CCC(=O)O)C(=O)N[C@@H](CCCN=C(N)N)C(=O)NCC(=O)N[C@@H](Cc4ccc(O)cc4)C(=O)NCC(=O)N[C@@H](CC(C)C)C(=O)N3[C@@H]1Nc1ccccc12. The molecule has 11 amide bonds. The van der Waals surface area contributed by atoms with E-state index in [1.54, 1.807) is 13.8 Å². The molecule has 17 N–H and O–H groups in total. The second-order valence-corrected chi connectivity index (χ2v) is 24.0. The van der Waals surface area contributed by atoms with E-state index in [9.17, 15) is 58.2 Å². The molecule has 3 fully saturated rings. The predicted octanol–water partition coefficient (Wildman–Crippen LogP) is -1.78. The van der Waals surface area contributed by atoms with Gasteiger partial charge in [0.05, 0.1) is 19.5 Å². The molecule has 2 aromatic rings. The fourth-order valence-corrected chi connectivity index (χ4v) is 11.6. The molecule has 29 heteroatoms. The third kappa shape index (κ3) is 18.4. The number of nitrogens with zero attached hydrogens (tertiary/aromatic N) is 3. The van der Waals surface area contributed by atoms with Crippen molar-refractivity contribution in [1.82, 2.24) is 52.3 Å². The zero-order valence-corrected chi connectivity index (χ0v) is 51.0. The Bertz CT molecular complexity index is 3060. The molecule has 0 aliphatic carbocycles. The van der Waals surface area contributed by atoms with Gasteiger partial charge in [-0.15, -0.1) is 0 Å². The molecule has 0 radical (unpaired) electrons. The minimum absolute atomic E-state index is 0.0181. The van der Waals surface area contributed by atoms with Crippen LogP contribution in [0.5, 0.6) is 5.75 Å². The number of phenols is 1. The number of primary amides is 1. The molecule has 6 rings (SSSR count). The Balaban J connectivity index is 1.42. The zero-order valence-electron chi connectivity index (χ0n) is 51.0. The number of guanidine groups is 1. The van der Waals surface area contributed by atoms with Gasteiger partial charge in [-0.3, -0.25) is 62.5 Å². The van der Waals surface area contributed by atoms with E-state index in [0.29, 0.717) is 12.0 Å². The summed E-state index contributed by atoms with van der Waals surface area (Å²) in [5, 5.41) is 43.7. The molecule has 89 heavy (non-hydrogen) atoms. The van der Waals surface area contributed by atoms with E-state index in [4.69, 9.17) is 17.2 Å². The Morgan fingerprint density at radius 2 is 1.29 bits per heavy atom. The van der Waals surface area contributed by atoms with Crippen molar-refractivity contribution in [3.05, 3.63) is 71.3 Å². The van der Waals surface area contributed by atoms with Gasteiger partial charge in [-0.1, -0.05) is 69.7 Å². The summed E-state index contributed by atoms with van der Waals surface area (Å²) in [5.41, 5.74) is 18.6. The van der Waals surface area contributed by atoms with Crippen molar-refractivity contribution >= 4 is 82.6 Å². The number of anilines is 1. The number of allylic oxidation sites excluding steroid dienone is 2. The van der Waals surface area contributed by atoms with Crippen LogP contribution in [0.1, 0.15) is 117 Å². The van der Waals surface area contributed by atoms with Crippen LogP contribution in [0, 0.1) is 11.8 Å². The number of carboxylic acid groups (broad SMARTS) is 1. The van der Waals surface area contributed by atoms with Crippen molar-refractivity contribution in [2.24, 2.45) is 34.0 Å². The van der Waals surface area contributed by atoms with Gasteiger partial charge in [-0.05, 0) is 106 Å². The summed E-state index contributed by atoms with van der Waals surface area (Å²) in [4.78, 5) is 176. The molecular weight excluding hydrogens is 1150 g/mol. The summed E-state index contributed by atoms with van der Waals surface area (Å²) in [6, 6.07) is 1.50. The van der Waals surface area contributed by atoms with Gasteiger partial charge in [0.2, 0.25) is 65.0 Å². The Morgan fingerprint density at radius 3 is 1.90 bits per heavy atom. The molecule has 4 aliphatic rings. The monoisotopic (exact) mass is 1240 g/mol. The van der Waals surface area contributed by atoms with Gasteiger partial charge in [-0.2, -0.15) is 0 Å². The average molecular weight is 1240 g/mol. The van der Waals surface area contributed by atoms with Crippen LogP contribution < -0.4 is 65.1 Å². The molecule has 0 spiro atoms. The van der Waals surface area contributed by atoms with Crippen LogP contribution in [0.2, 0.25) is 0 Å². The summed E-state index contributed by atoms with van der Waals surface area (Å²) in [5.74, 6) is -12.5. The molecule has 3 saturated heterocycles. The van der Waals surface area contributed by atoms with E-state index < -0.39 is 169 Å². The number of aliphatic imine (C=N–C) groups is 1. The van der Waals surface area contributed by atoms with Crippen LogP contribution in [0.3, 0.4) is 0 Å². The van der Waals surface area contributed by atoms with Crippen molar-refractivity contribution in [3.8, 4) is 5.75 Å². The van der Waals surface area contributed by atoms with Crippen molar-refractivity contribution in [3.63, 3.8) is 0 Å². The number of amides is 11. The molecule has 0 aromatic heterocycles. The number of hydrogen-bond donors (Lipinski definition) is 14. The second kappa shape index (κ2) is 31.0. The molecule has 29 nitrogen and oxygen atoms in total. The smallest absolute Gasteiger partial charge is 0.303 e. The van der Waals surface area contributed by atoms with E-state index >= 15 is 9.59 Å². The van der Waals surface area contributed by atoms with E-state index in [-0.39, 0.29) is 75.7 Å². The number of aliphatic carboxylic acids is 1. The predicted molar refractivity (Wildman–Crippen MR) is 324 cm³/mol. The third-order valence-electron chi connectivity index (χ3n) is 16.1. The number of carboxylic acids is 1. The highest BCUT2D eigenvalue weighted by Crippen LogP contribution is 2.53. The summed E-state index contributed by atoms with van der Waals surface area (Å²) in [7, 11) is 0. The highest BCUT2D eigenvalue weighted by Gasteiger charge is 2.61. The molecule has 484 valence electrons. The molecule has 4 heterocycles. The van der Waals surface area contributed by atoms with Crippen LogP contribution in [0.25, 0.3) is 0 Å². The van der Waals surface area contributed by atoms with Crippen molar-refractivity contribution in [1.29, 1.82) is 0 Å². The third-order valence-corrected chi connectivity index (χ3v) is 16.1. The average Bonchev–Trinajstić information content (AvgIpc) is 2.05. The topological polar surface area (TPSA) is 450 Å². The van der Waals surface area contributed by atoms with Crippen molar-refractivity contribution < 1.29 is 67.7 Å². The van der Waals surface area contributed by atoms with Gasteiger partial charge in [0.25, 0.3) is 0 Å². The number of carbonyl (C=O) groups is 12. The number of nitrogens with two attached hydrogens (primary N) is 3. The van der Waals surface area contributed by atoms with Gasteiger partial charge >= 0.3 is 5.97 Å². The molecule has 4 aliphatic heterocycles. The van der Waals surface area contributed by atoms with Crippen LogP contribution in [-0.2, 0) is 69.4 Å². The number of fused-ring (bicyclic) bond motifs is 6. The first kappa shape index (κ1) is 68.8. The fraction of sp³-hybridized carbons (Fsp3) is 0.550. The molecule has 0 saturated carbocycles.